The van der Waals surface area contributed by atoms with Crippen molar-refractivity contribution in [3.63, 3.8) is 0 Å². The van der Waals surface area contributed by atoms with Gasteiger partial charge >= 0.3 is 0 Å². The number of amides is 2. The van der Waals surface area contributed by atoms with Gasteiger partial charge < -0.3 is 19.6 Å². The van der Waals surface area contributed by atoms with E-state index in [4.69, 9.17) is 9.84 Å². The van der Waals surface area contributed by atoms with Gasteiger partial charge in [-0.1, -0.05) is 18.2 Å². The molecule has 0 unspecified atom stereocenters. The average Bonchev–Trinajstić information content (AvgIpc) is 3.13. The smallest absolute Gasteiger partial charge is 0.264 e. The van der Waals surface area contributed by atoms with Crippen LogP contribution in [0.5, 0.6) is 0 Å². The number of benzene rings is 1. The molecule has 2 fully saturated rings. The van der Waals surface area contributed by atoms with E-state index >= 15 is 0 Å². The van der Waals surface area contributed by atoms with E-state index in [1.807, 2.05) is 29.2 Å². The molecule has 2 amide bonds. The van der Waals surface area contributed by atoms with Gasteiger partial charge in [0, 0.05) is 56.5 Å². The molecule has 2 aromatic rings. The summed E-state index contributed by atoms with van der Waals surface area (Å²) in [6, 6.07) is 8.03. The lowest BCUT2D eigenvalue weighted by Gasteiger charge is -2.35. The highest BCUT2D eigenvalue weighted by Crippen LogP contribution is 2.39. The Labute approximate surface area is 174 Å². The quantitative estimate of drug-likeness (QED) is 0.818. The molecule has 2 aliphatic heterocycles. The van der Waals surface area contributed by atoms with Crippen LogP contribution in [-0.2, 0) is 9.53 Å². The number of aliphatic hydroxyl groups excluding tert-OH is 1. The van der Waals surface area contributed by atoms with E-state index in [9.17, 15) is 9.59 Å². The van der Waals surface area contributed by atoms with Crippen LogP contribution in [0, 0.1) is 0 Å². The third-order valence-electron chi connectivity index (χ3n) is 5.74. The van der Waals surface area contributed by atoms with Crippen molar-refractivity contribution >= 4 is 33.2 Å². The number of carbonyl (C=O) groups is 2. The summed E-state index contributed by atoms with van der Waals surface area (Å²) in [5, 5.41) is 10.2. The van der Waals surface area contributed by atoms with Gasteiger partial charge in [-0.25, -0.2) is 0 Å². The van der Waals surface area contributed by atoms with Crippen LogP contribution in [0.1, 0.15) is 28.3 Å². The number of hydrogen-bond donors (Lipinski definition) is 1. The van der Waals surface area contributed by atoms with Gasteiger partial charge in [0.1, 0.15) is 6.10 Å². The summed E-state index contributed by atoms with van der Waals surface area (Å²) in [5.41, 5.74) is 0.916. The molecule has 1 aromatic heterocycles. The van der Waals surface area contributed by atoms with Crippen molar-refractivity contribution in [2.24, 2.45) is 0 Å². The summed E-state index contributed by atoms with van der Waals surface area (Å²) in [5.74, 6) is 0.0686. The lowest BCUT2D eigenvalue weighted by atomic mass is 10.0. The van der Waals surface area contributed by atoms with Crippen LogP contribution in [0.4, 0.5) is 0 Å². The maximum Gasteiger partial charge on any atom is 0.264 e. The van der Waals surface area contributed by atoms with Crippen molar-refractivity contribution in [1.82, 2.24) is 14.7 Å². The summed E-state index contributed by atoms with van der Waals surface area (Å²) >= 11 is 1.51. The van der Waals surface area contributed by atoms with Gasteiger partial charge in [0.25, 0.3) is 5.91 Å². The number of ether oxygens (including phenoxy) is 1. The lowest BCUT2D eigenvalue weighted by Crippen LogP contribution is -2.49. The van der Waals surface area contributed by atoms with E-state index in [0.717, 1.165) is 33.6 Å². The van der Waals surface area contributed by atoms with E-state index < -0.39 is 0 Å². The maximum absolute atomic E-state index is 13.4. The van der Waals surface area contributed by atoms with Crippen LogP contribution in [0.2, 0.25) is 0 Å². The van der Waals surface area contributed by atoms with Crippen LogP contribution in [0.3, 0.4) is 0 Å². The van der Waals surface area contributed by atoms with Crippen molar-refractivity contribution in [3.05, 3.63) is 34.7 Å². The highest BCUT2D eigenvalue weighted by molar-refractivity contribution is 7.21. The number of piperazine rings is 1. The summed E-state index contributed by atoms with van der Waals surface area (Å²) in [7, 11) is 0. The molecule has 0 aliphatic carbocycles. The monoisotopic (exact) mass is 417 g/mol. The molecule has 1 N–H and O–H groups in total. The van der Waals surface area contributed by atoms with Crippen LogP contribution >= 0.6 is 11.3 Å². The van der Waals surface area contributed by atoms with E-state index in [1.165, 1.54) is 11.3 Å². The van der Waals surface area contributed by atoms with E-state index in [1.54, 1.807) is 11.8 Å². The second-order valence-corrected chi connectivity index (χ2v) is 8.58. The molecule has 0 saturated carbocycles. The Morgan fingerprint density at radius 1 is 1.14 bits per heavy atom. The molecular weight excluding hydrogens is 390 g/mol. The zero-order valence-electron chi connectivity index (χ0n) is 16.7. The summed E-state index contributed by atoms with van der Waals surface area (Å²) in [6.45, 7) is 6.73. The minimum absolute atomic E-state index is 0.0331. The molecule has 8 heteroatoms. The second kappa shape index (κ2) is 8.79. The van der Waals surface area contributed by atoms with Gasteiger partial charge in [-0.3, -0.25) is 14.5 Å². The van der Waals surface area contributed by atoms with Crippen LogP contribution in [-0.4, -0.2) is 90.6 Å². The first-order chi connectivity index (χ1) is 14.1. The highest BCUT2D eigenvalue weighted by atomic mass is 32.1. The van der Waals surface area contributed by atoms with Crippen LogP contribution < -0.4 is 0 Å². The van der Waals surface area contributed by atoms with Crippen LogP contribution in [0.15, 0.2) is 24.3 Å². The zero-order chi connectivity index (χ0) is 20.4. The Kier molecular flexibility index (Phi) is 6.15. The number of fused-ring (bicyclic) bond motifs is 1. The standard InChI is InChI=1S/C21H27N3O4S/c1-15(26)24-11-13-28-17(14-24)19-16-4-2-3-5-18(16)29-20(19)21(27)23-8-6-22(7-9-23)10-12-25/h2-5,17,25H,6-14H2,1H3/t17-/m1/s1. The molecule has 3 heterocycles. The molecule has 2 aliphatic rings. The third kappa shape index (κ3) is 4.16. The van der Waals surface area contributed by atoms with Crippen molar-refractivity contribution < 1.29 is 19.4 Å². The number of hydrogen-bond acceptors (Lipinski definition) is 6. The number of β-amino-alcohol motifs (C(OH)–C–C–N with tert-alkyl or cyclic N) is 1. The molecular formula is C21H27N3O4S. The number of carbonyl (C=O) groups excluding carboxylic acids is 2. The first-order valence-electron chi connectivity index (χ1n) is 10.1. The Morgan fingerprint density at radius 2 is 1.90 bits per heavy atom. The topological polar surface area (TPSA) is 73.3 Å². The molecule has 156 valence electrons. The fourth-order valence-electron chi connectivity index (χ4n) is 4.11. The maximum atomic E-state index is 13.4. The molecule has 1 aromatic carbocycles. The summed E-state index contributed by atoms with van der Waals surface area (Å²) in [6.07, 6.45) is -0.293. The molecule has 1 atom stereocenters. The fraction of sp³-hybridized carbons (Fsp3) is 0.524. The predicted octanol–water partition coefficient (Wildman–Crippen LogP) is 1.57. The van der Waals surface area contributed by atoms with E-state index in [-0.39, 0.29) is 24.5 Å². The number of rotatable bonds is 4. The second-order valence-electron chi connectivity index (χ2n) is 7.52. The number of nitrogens with zero attached hydrogens (tertiary/aromatic N) is 3. The van der Waals surface area contributed by atoms with Crippen molar-refractivity contribution in [3.8, 4) is 0 Å². The van der Waals surface area contributed by atoms with Gasteiger partial charge in [0.05, 0.1) is 24.6 Å². The molecule has 29 heavy (non-hydrogen) atoms. The number of morpholine rings is 1. The lowest BCUT2D eigenvalue weighted by molar-refractivity contribution is -0.136. The Balaban J connectivity index is 1.63. The minimum atomic E-state index is -0.293. The van der Waals surface area contributed by atoms with Gasteiger partial charge in [-0.05, 0) is 11.5 Å². The van der Waals surface area contributed by atoms with Gasteiger partial charge in [0.2, 0.25) is 5.91 Å². The first-order valence-corrected chi connectivity index (χ1v) is 10.9. The van der Waals surface area contributed by atoms with Crippen molar-refractivity contribution in [2.75, 3.05) is 59.0 Å². The fourth-order valence-corrected chi connectivity index (χ4v) is 5.34. The number of thiophene rings is 1. The third-order valence-corrected chi connectivity index (χ3v) is 6.91. The Bertz CT molecular complexity index is 891. The van der Waals surface area contributed by atoms with E-state index in [0.29, 0.717) is 39.3 Å². The number of aliphatic hydroxyl groups is 1. The van der Waals surface area contributed by atoms with Crippen LogP contribution in [0.25, 0.3) is 10.1 Å². The largest absolute Gasteiger partial charge is 0.395 e. The van der Waals surface area contributed by atoms with Crippen molar-refractivity contribution in [1.29, 1.82) is 0 Å². The Hall–Kier alpha value is -2.00. The van der Waals surface area contributed by atoms with Gasteiger partial charge in [0.15, 0.2) is 0 Å². The van der Waals surface area contributed by atoms with E-state index in [2.05, 4.69) is 4.90 Å². The summed E-state index contributed by atoms with van der Waals surface area (Å²) < 4.78 is 7.11. The summed E-state index contributed by atoms with van der Waals surface area (Å²) in [4.78, 5) is 31.9. The first kappa shape index (κ1) is 20.3. The molecule has 7 nitrogen and oxygen atoms in total. The highest BCUT2D eigenvalue weighted by Gasteiger charge is 2.32. The SMILES string of the molecule is CC(=O)N1CCO[C@@H](c2c(C(=O)N3CCN(CCO)CC3)sc3ccccc23)C1. The Morgan fingerprint density at radius 3 is 2.62 bits per heavy atom. The van der Waals surface area contributed by atoms with Gasteiger partial charge in [-0.15, -0.1) is 11.3 Å². The molecule has 4 rings (SSSR count). The molecule has 0 bridgehead atoms. The molecule has 2 saturated heterocycles. The minimum Gasteiger partial charge on any atom is -0.395 e. The molecule has 0 spiro atoms. The average molecular weight is 418 g/mol. The molecule has 0 radical (unpaired) electrons. The van der Waals surface area contributed by atoms with Crippen molar-refractivity contribution in [2.45, 2.75) is 13.0 Å². The normalized spacial score (nSPS) is 21.0. The predicted molar refractivity (Wildman–Crippen MR) is 112 cm³/mol. The van der Waals surface area contributed by atoms with Gasteiger partial charge in [-0.2, -0.15) is 0 Å². The zero-order valence-corrected chi connectivity index (χ0v) is 17.5.